The van der Waals surface area contributed by atoms with Crippen LogP contribution < -0.4 is 0 Å². The van der Waals surface area contributed by atoms with E-state index in [-0.39, 0.29) is 5.78 Å². The number of rotatable bonds is 8. The number of carbonyl (C=O) groups excluding carboxylic acids is 1. The van der Waals surface area contributed by atoms with Gasteiger partial charge >= 0.3 is 0 Å². The summed E-state index contributed by atoms with van der Waals surface area (Å²) >= 11 is 4.92. The lowest BCUT2D eigenvalue weighted by molar-refractivity contribution is 0.0908. The molecule has 1 aromatic rings. The van der Waals surface area contributed by atoms with Gasteiger partial charge in [-0.1, -0.05) is 19.8 Å². The van der Waals surface area contributed by atoms with E-state index in [0.717, 1.165) is 15.2 Å². The van der Waals surface area contributed by atoms with Gasteiger partial charge < -0.3 is 0 Å². The van der Waals surface area contributed by atoms with Crippen molar-refractivity contribution in [3.63, 3.8) is 0 Å². The van der Waals surface area contributed by atoms with E-state index < -0.39 is 0 Å². The van der Waals surface area contributed by atoms with Crippen LogP contribution in [0.25, 0.3) is 0 Å². The number of nitrogens with zero attached hydrogens (tertiary/aromatic N) is 1. The molecule has 0 N–H and O–H groups in total. The van der Waals surface area contributed by atoms with E-state index in [2.05, 4.69) is 41.6 Å². The third-order valence-electron chi connectivity index (χ3n) is 2.97. The number of thiophene rings is 1. The van der Waals surface area contributed by atoms with Gasteiger partial charge in [0.15, 0.2) is 5.78 Å². The van der Waals surface area contributed by atoms with Gasteiger partial charge in [0.1, 0.15) is 0 Å². The predicted molar refractivity (Wildman–Crippen MR) is 82.6 cm³/mol. The fourth-order valence-electron chi connectivity index (χ4n) is 1.81. The molecule has 0 aliphatic carbocycles. The van der Waals surface area contributed by atoms with Crippen molar-refractivity contribution in [1.82, 2.24) is 4.90 Å². The molecular formula is C14H22BrNOS. The van der Waals surface area contributed by atoms with Crippen molar-refractivity contribution in [2.24, 2.45) is 0 Å². The highest BCUT2D eigenvalue weighted by molar-refractivity contribution is 9.11. The van der Waals surface area contributed by atoms with Gasteiger partial charge in [0, 0.05) is 6.04 Å². The number of unbranched alkanes of at least 4 members (excludes halogenated alkanes) is 2. The Bertz CT molecular complexity index is 376. The van der Waals surface area contributed by atoms with E-state index in [1.807, 2.05) is 12.1 Å². The van der Waals surface area contributed by atoms with Crippen molar-refractivity contribution in [3.05, 3.63) is 20.8 Å². The Balaban J connectivity index is 2.52. The maximum absolute atomic E-state index is 12.2. The van der Waals surface area contributed by atoms with E-state index in [1.165, 1.54) is 30.6 Å². The van der Waals surface area contributed by atoms with Gasteiger partial charge in [-0.05, 0) is 54.9 Å². The summed E-state index contributed by atoms with van der Waals surface area (Å²) in [6.45, 7) is 8.07. The molecule has 4 heteroatoms. The van der Waals surface area contributed by atoms with Gasteiger partial charge in [-0.3, -0.25) is 9.69 Å². The Morgan fingerprint density at radius 1 is 1.39 bits per heavy atom. The summed E-state index contributed by atoms with van der Waals surface area (Å²) in [5.74, 6) is 0.232. The number of hydrogen-bond acceptors (Lipinski definition) is 3. The molecule has 0 spiro atoms. The second-order valence-corrected chi connectivity index (χ2v) is 7.26. The van der Waals surface area contributed by atoms with E-state index >= 15 is 0 Å². The first-order valence-corrected chi connectivity index (χ1v) is 8.18. The van der Waals surface area contributed by atoms with Crippen molar-refractivity contribution in [2.45, 2.75) is 46.1 Å². The molecule has 1 aromatic heterocycles. The lowest BCUT2D eigenvalue weighted by Gasteiger charge is -2.25. The van der Waals surface area contributed by atoms with Crippen LogP contribution in [0.15, 0.2) is 15.9 Å². The van der Waals surface area contributed by atoms with E-state index in [0.29, 0.717) is 12.6 Å². The maximum Gasteiger partial charge on any atom is 0.186 e. The van der Waals surface area contributed by atoms with Crippen LogP contribution in [-0.2, 0) is 0 Å². The molecule has 0 aliphatic rings. The second kappa shape index (κ2) is 8.08. The van der Waals surface area contributed by atoms with Crippen LogP contribution in [0, 0.1) is 0 Å². The molecule has 0 saturated carbocycles. The average molecular weight is 332 g/mol. The van der Waals surface area contributed by atoms with Crippen LogP contribution in [0.1, 0.15) is 49.7 Å². The van der Waals surface area contributed by atoms with Crippen LogP contribution in [0.2, 0.25) is 0 Å². The molecule has 18 heavy (non-hydrogen) atoms. The van der Waals surface area contributed by atoms with Crippen LogP contribution in [0.3, 0.4) is 0 Å². The molecular weight excluding hydrogens is 310 g/mol. The highest BCUT2D eigenvalue weighted by atomic mass is 79.9. The van der Waals surface area contributed by atoms with Crippen LogP contribution >= 0.6 is 27.3 Å². The Morgan fingerprint density at radius 3 is 2.61 bits per heavy atom. The predicted octanol–water partition coefficient (Wildman–Crippen LogP) is 4.59. The number of halogens is 1. The molecule has 0 bridgehead atoms. The normalized spacial score (nSPS) is 11.4. The minimum Gasteiger partial charge on any atom is -0.293 e. The van der Waals surface area contributed by atoms with Gasteiger partial charge in [-0.15, -0.1) is 11.3 Å². The van der Waals surface area contributed by atoms with Gasteiger partial charge in [-0.25, -0.2) is 0 Å². The monoisotopic (exact) mass is 331 g/mol. The van der Waals surface area contributed by atoms with Crippen LogP contribution in [0.4, 0.5) is 0 Å². The summed E-state index contributed by atoms with van der Waals surface area (Å²) in [4.78, 5) is 15.3. The summed E-state index contributed by atoms with van der Waals surface area (Å²) in [5, 5.41) is 0. The lowest BCUT2D eigenvalue weighted by atomic mass is 10.2. The van der Waals surface area contributed by atoms with Gasteiger partial charge in [-0.2, -0.15) is 0 Å². The molecule has 0 radical (unpaired) electrons. The minimum atomic E-state index is 0.232. The average Bonchev–Trinajstić information content (AvgIpc) is 2.74. The lowest BCUT2D eigenvalue weighted by Crippen LogP contribution is -2.36. The zero-order valence-electron chi connectivity index (χ0n) is 11.4. The standard InChI is InChI=1S/C14H22BrNOS/c1-4-5-6-9-16(11(2)3)10-12(17)13-7-8-14(15)18-13/h7-8,11H,4-6,9-10H2,1-3H3. The summed E-state index contributed by atoms with van der Waals surface area (Å²) in [7, 11) is 0. The molecule has 0 amide bonds. The van der Waals surface area contributed by atoms with Crippen molar-refractivity contribution in [2.75, 3.05) is 13.1 Å². The Hall–Kier alpha value is -0.190. The first-order chi connectivity index (χ1) is 8.54. The summed E-state index contributed by atoms with van der Waals surface area (Å²) in [6, 6.07) is 4.27. The summed E-state index contributed by atoms with van der Waals surface area (Å²) in [5.41, 5.74) is 0. The number of ketones is 1. The molecule has 1 rings (SSSR count). The molecule has 1 heterocycles. The van der Waals surface area contributed by atoms with Crippen molar-refractivity contribution in [3.8, 4) is 0 Å². The van der Waals surface area contributed by atoms with Gasteiger partial charge in [0.25, 0.3) is 0 Å². The van der Waals surface area contributed by atoms with Crippen LogP contribution in [-0.4, -0.2) is 29.8 Å². The molecule has 0 aliphatic heterocycles. The fourth-order valence-corrected chi connectivity index (χ4v) is 3.13. The largest absolute Gasteiger partial charge is 0.293 e. The number of carbonyl (C=O) groups is 1. The summed E-state index contributed by atoms with van der Waals surface area (Å²) < 4.78 is 1.02. The Kier molecular flexibility index (Phi) is 7.12. The fraction of sp³-hybridized carbons (Fsp3) is 0.643. The smallest absolute Gasteiger partial charge is 0.186 e. The zero-order valence-corrected chi connectivity index (χ0v) is 13.8. The molecule has 0 saturated heterocycles. The molecule has 0 unspecified atom stereocenters. The van der Waals surface area contributed by atoms with E-state index in [9.17, 15) is 4.79 Å². The van der Waals surface area contributed by atoms with E-state index in [4.69, 9.17) is 0 Å². The third-order valence-corrected chi connectivity index (χ3v) is 4.64. The second-order valence-electron chi connectivity index (χ2n) is 4.80. The van der Waals surface area contributed by atoms with Crippen molar-refractivity contribution >= 4 is 33.0 Å². The summed E-state index contributed by atoms with van der Waals surface area (Å²) in [6.07, 6.45) is 3.63. The highest BCUT2D eigenvalue weighted by Gasteiger charge is 2.16. The molecule has 102 valence electrons. The number of hydrogen-bond donors (Lipinski definition) is 0. The Morgan fingerprint density at radius 2 is 2.11 bits per heavy atom. The SMILES string of the molecule is CCCCCN(CC(=O)c1ccc(Br)s1)C(C)C. The maximum atomic E-state index is 12.2. The highest BCUT2D eigenvalue weighted by Crippen LogP contribution is 2.22. The van der Waals surface area contributed by atoms with Crippen LogP contribution in [0.5, 0.6) is 0 Å². The first kappa shape index (κ1) is 15.9. The first-order valence-electron chi connectivity index (χ1n) is 6.57. The van der Waals surface area contributed by atoms with E-state index in [1.54, 1.807) is 0 Å². The topological polar surface area (TPSA) is 20.3 Å². The minimum absolute atomic E-state index is 0.232. The molecule has 0 atom stereocenters. The zero-order chi connectivity index (χ0) is 13.5. The van der Waals surface area contributed by atoms with Crippen molar-refractivity contribution in [1.29, 1.82) is 0 Å². The Labute approximate surface area is 123 Å². The molecule has 2 nitrogen and oxygen atoms in total. The molecule has 0 fully saturated rings. The third kappa shape index (κ3) is 5.21. The van der Waals surface area contributed by atoms with Gasteiger partial charge in [0.2, 0.25) is 0 Å². The quantitative estimate of drug-likeness (QED) is 0.512. The number of Topliss-reactive ketones (excluding diaryl/α,β-unsaturated/α-hetero) is 1. The molecule has 0 aromatic carbocycles. The van der Waals surface area contributed by atoms with Gasteiger partial charge in [0.05, 0.1) is 15.2 Å². The van der Waals surface area contributed by atoms with Crippen molar-refractivity contribution < 1.29 is 4.79 Å².